The molecule has 0 fully saturated rings. The van der Waals surface area contributed by atoms with Crippen LogP contribution in [0.5, 0.6) is 11.5 Å². The van der Waals surface area contributed by atoms with E-state index >= 15 is 0 Å². The Balaban J connectivity index is 0.00000392. The second kappa shape index (κ2) is 13.0. The first-order valence-corrected chi connectivity index (χ1v) is 8.62. The molecule has 0 atom stereocenters. The highest BCUT2D eigenvalue weighted by Crippen LogP contribution is 2.37. The van der Waals surface area contributed by atoms with Crippen molar-refractivity contribution in [3.05, 3.63) is 57.6 Å². The van der Waals surface area contributed by atoms with Crippen molar-refractivity contribution >= 4 is 52.4 Å². The summed E-state index contributed by atoms with van der Waals surface area (Å²) < 4.78 is 12.0. The predicted octanol–water partition coefficient (Wildman–Crippen LogP) is 3.41. The smallest absolute Gasteiger partial charge is 0.175 e. The Kier molecular flexibility index (Phi) is 11.9. The molecule has 0 amide bonds. The summed E-state index contributed by atoms with van der Waals surface area (Å²) in [6.45, 7) is 0.296. The van der Waals surface area contributed by atoms with Crippen LogP contribution < -0.4 is 20.9 Å². The van der Waals surface area contributed by atoms with Gasteiger partial charge < -0.3 is 30.6 Å². The number of nitrogens with two attached hydrogens (primary N) is 2. The Hall–Kier alpha value is -2.36. The average molecular weight is 510 g/mol. The highest BCUT2D eigenvalue weighted by Gasteiger charge is 2.14. The van der Waals surface area contributed by atoms with Gasteiger partial charge in [0, 0.05) is 11.1 Å². The number of rotatable bonds is 8. The summed E-state index contributed by atoms with van der Waals surface area (Å²) in [6, 6.07) is 11.0. The number of hydrogen-bond donors (Lipinski definition) is 2. The van der Waals surface area contributed by atoms with Crippen molar-refractivity contribution < 1.29 is 19.1 Å². The molecule has 0 unspecified atom stereocenters. The van der Waals surface area contributed by atoms with Gasteiger partial charge >= 0.3 is 0 Å². The van der Waals surface area contributed by atoms with Crippen LogP contribution >= 0.6 is 40.7 Å². The number of nitrogens with zero attached hydrogens (tertiary/aromatic N) is 2. The number of methoxy groups -OCH3 is 1. The summed E-state index contributed by atoms with van der Waals surface area (Å²) >= 11 is 3.48. The largest absolute Gasteiger partial charge is 0.493 e. The molecule has 4 N–H and O–H groups in total. The lowest BCUT2D eigenvalue weighted by molar-refractivity contribution is 0.213. The third-order valence-electron chi connectivity index (χ3n) is 3.51. The van der Waals surface area contributed by atoms with E-state index in [0.29, 0.717) is 28.1 Å². The van der Waals surface area contributed by atoms with Crippen LogP contribution in [-0.4, -0.2) is 33.0 Å². The van der Waals surface area contributed by atoms with Gasteiger partial charge in [-0.2, -0.15) is 0 Å². The predicted molar refractivity (Wildman–Crippen MR) is 121 cm³/mol. The SMILES string of the molecule is CO/N=C(\N)c1cccc(COc2c(Br)cc(/C(N)=N/OC)cc2OC)c1.Cl.Cl. The standard InChI is InChI=1S/C18H21BrN4O4.2ClH/c1-24-15-9-13(18(21)23-26-3)8-14(19)16(15)27-10-11-5-4-6-12(7-11)17(20)22-25-2;;/h4-9H,10H2,1-3H3,(H2,20,22)(H2,21,23);2*1H. The van der Waals surface area contributed by atoms with E-state index in [-0.39, 0.29) is 36.5 Å². The van der Waals surface area contributed by atoms with Gasteiger partial charge in [-0.3, -0.25) is 0 Å². The Morgan fingerprint density at radius 2 is 1.55 bits per heavy atom. The van der Waals surface area contributed by atoms with Gasteiger partial charge in [-0.25, -0.2) is 0 Å². The fourth-order valence-electron chi connectivity index (χ4n) is 2.29. The molecule has 0 spiro atoms. The van der Waals surface area contributed by atoms with Gasteiger partial charge in [0.05, 0.1) is 11.6 Å². The lowest BCUT2D eigenvalue weighted by Gasteiger charge is -2.14. The minimum atomic E-state index is 0. The second-order valence-electron chi connectivity index (χ2n) is 5.30. The van der Waals surface area contributed by atoms with Crippen molar-refractivity contribution in [2.45, 2.75) is 6.61 Å². The van der Waals surface area contributed by atoms with Crippen molar-refractivity contribution in [3.63, 3.8) is 0 Å². The first kappa shape index (κ1) is 26.6. The third-order valence-corrected chi connectivity index (χ3v) is 4.10. The molecule has 29 heavy (non-hydrogen) atoms. The van der Waals surface area contributed by atoms with Crippen molar-refractivity contribution in [2.75, 3.05) is 21.3 Å². The van der Waals surface area contributed by atoms with Crippen LogP contribution in [0.3, 0.4) is 0 Å². The molecule has 160 valence electrons. The molecule has 0 aliphatic heterocycles. The zero-order valence-corrected chi connectivity index (χ0v) is 19.3. The van der Waals surface area contributed by atoms with E-state index < -0.39 is 0 Å². The molecule has 2 aromatic rings. The van der Waals surface area contributed by atoms with Crippen LogP contribution in [-0.2, 0) is 16.3 Å². The minimum Gasteiger partial charge on any atom is -0.493 e. The van der Waals surface area contributed by atoms with Crippen molar-refractivity contribution in [2.24, 2.45) is 21.8 Å². The van der Waals surface area contributed by atoms with Gasteiger partial charge in [0.15, 0.2) is 23.2 Å². The maximum Gasteiger partial charge on any atom is 0.175 e. The molecule has 0 aromatic heterocycles. The molecule has 0 saturated carbocycles. The van der Waals surface area contributed by atoms with Crippen molar-refractivity contribution in [3.8, 4) is 11.5 Å². The summed E-state index contributed by atoms with van der Waals surface area (Å²) in [7, 11) is 4.41. The molecule has 0 bridgehead atoms. The number of amidine groups is 2. The quantitative estimate of drug-likeness (QED) is 0.320. The molecule has 2 rings (SSSR count). The Labute approximate surface area is 190 Å². The molecule has 11 heteroatoms. The van der Waals surface area contributed by atoms with Gasteiger partial charge in [0.1, 0.15) is 20.8 Å². The molecular weight excluding hydrogens is 487 g/mol. The average Bonchev–Trinajstić information content (AvgIpc) is 2.67. The summed E-state index contributed by atoms with van der Waals surface area (Å²) in [5.41, 5.74) is 14.0. The van der Waals surface area contributed by atoms with Crippen LogP contribution in [0.25, 0.3) is 0 Å². The van der Waals surface area contributed by atoms with Crippen LogP contribution in [0.15, 0.2) is 51.2 Å². The molecule has 0 radical (unpaired) electrons. The van der Waals surface area contributed by atoms with Crippen LogP contribution in [0.1, 0.15) is 16.7 Å². The maximum atomic E-state index is 5.94. The van der Waals surface area contributed by atoms with Gasteiger partial charge in [-0.05, 0) is 39.7 Å². The summed E-state index contributed by atoms with van der Waals surface area (Å²) in [6.07, 6.45) is 0. The number of oxime groups is 2. The van der Waals surface area contributed by atoms with Gasteiger partial charge in [-0.15, -0.1) is 24.8 Å². The summed E-state index contributed by atoms with van der Waals surface area (Å²) in [5.74, 6) is 1.56. The Morgan fingerprint density at radius 3 is 2.14 bits per heavy atom. The van der Waals surface area contributed by atoms with Gasteiger partial charge in [0.2, 0.25) is 0 Å². The monoisotopic (exact) mass is 508 g/mol. The highest BCUT2D eigenvalue weighted by molar-refractivity contribution is 9.10. The van der Waals surface area contributed by atoms with Gasteiger partial charge in [0.25, 0.3) is 0 Å². The third kappa shape index (κ3) is 7.19. The lowest BCUT2D eigenvalue weighted by atomic mass is 10.1. The number of halogens is 3. The van der Waals surface area contributed by atoms with Crippen molar-refractivity contribution in [1.82, 2.24) is 0 Å². The summed E-state index contributed by atoms with van der Waals surface area (Å²) in [4.78, 5) is 9.40. The molecule has 8 nitrogen and oxygen atoms in total. The number of hydrogen-bond acceptors (Lipinski definition) is 6. The van der Waals surface area contributed by atoms with E-state index in [9.17, 15) is 0 Å². The molecule has 0 aliphatic rings. The number of benzene rings is 2. The first-order valence-electron chi connectivity index (χ1n) is 7.83. The maximum absolute atomic E-state index is 5.94. The van der Waals surface area contributed by atoms with Crippen LogP contribution in [0.4, 0.5) is 0 Å². The molecule has 2 aromatic carbocycles. The zero-order chi connectivity index (χ0) is 19.8. The van der Waals surface area contributed by atoms with Gasteiger partial charge in [-0.1, -0.05) is 28.5 Å². The fraction of sp³-hybridized carbons (Fsp3) is 0.222. The van der Waals surface area contributed by atoms with Crippen LogP contribution in [0.2, 0.25) is 0 Å². The van der Waals surface area contributed by atoms with Crippen LogP contribution in [0, 0.1) is 0 Å². The topological polar surface area (TPSA) is 114 Å². The lowest BCUT2D eigenvalue weighted by Crippen LogP contribution is -2.14. The molecular formula is C18H23BrCl2N4O4. The fourth-order valence-corrected chi connectivity index (χ4v) is 2.84. The second-order valence-corrected chi connectivity index (χ2v) is 6.15. The molecule has 0 aliphatic carbocycles. The number of ether oxygens (including phenoxy) is 2. The zero-order valence-electron chi connectivity index (χ0n) is 16.0. The first-order chi connectivity index (χ1) is 13.0. The van der Waals surface area contributed by atoms with E-state index in [1.165, 1.54) is 14.2 Å². The van der Waals surface area contributed by atoms with E-state index in [1.54, 1.807) is 19.2 Å². The van der Waals surface area contributed by atoms with E-state index in [2.05, 4.69) is 26.2 Å². The minimum absolute atomic E-state index is 0. The highest BCUT2D eigenvalue weighted by atomic mass is 79.9. The van der Waals surface area contributed by atoms with E-state index in [1.807, 2.05) is 24.3 Å². The molecule has 0 heterocycles. The van der Waals surface area contributed by atoms with E-state index in [4.69, 9.17) is 30.6 Å². The van der Waals surface area contributed by atoms with Crippen molar-refractivity contribution in [1.29, 1.82) is 0 Å². The van der Waals surface area contributed by atoms with E-state index in [0.717, 1.165) is 11.1 Å². The normalized spacial score (nSPS) is 11.0. The molecule has 0 saturated heterocycles. The Morgan fingerprint density at radius 1 is 0.931 bits per heavy atom. The summed E-state index contributed by atoms with van der Waals surface area (Å²) in [5, 5.41) is 7.45. The Bertz CT molecular complexity index is 866.